The van der Waals surface area contributed by atoms with Crippen LogP contribution in [0.5, 0.6) is 0 Å². The second-order valence-corrected chi connectivity index (χ2v) is 3.48. The van der Waals surface area contributed by atoms with Gasteiger partial charge in [0.15, 0.2) is 5.78 Å². The number of allylic oxidation sites excluding steroid dienone is 3. The van der Waals surface area contributed by atoms with Crippen LogP contribution in [0.2, 0.25) is 0 Å². The summed E-state index contributed by atoms with van der Waals surface area (Å²) in [6, 6.07) is 7.52. The fraction of sp³-hybridized carbons (Fsp3) is 0.214. The molecule has 15 heavy (non-hydrogen) atoms. The fourth-order valence-electron chi connectivity index (χ4n) is 1.33. The number of benzene rings is 1. The van der Waals surface area contributed by atoms with Gasteiger partial charge < -0.3 is 0 Å². The third-order valence-electron chi connectivity index (χ3n) is 1.97. The maximum absolute atomic E-state index is 11.3. The van der Waals surface area contributed by atoms with Crippen LogP contribution in [-0.2, 0) is 0 Å². The summed E-state index contributed by atoms with van der Waals surface area (Å²) in [5.41, 5.74) is 2.61. The highest BCUT2D eigenvalue weighted by atomic mass is 16.1. The van der Waals surface area contributed by atoms with E-state index in [2.05, 4.69) is 20.4 Å². The highest BCUT2D eigenvalue weighted by Crippen LogP contribution is 2.23. The van der Waals surface area contributed by atoms with Gasteiger partial charge in [0, 0.05) is 5.56 Å². The maximum Gasteiger partial charge on any atom is 0.186 e. The Morgan fingerprint density at radius 2 is 1.60 bits per heavy atom. The van der Waals surface area contributed by atoms with Gasteiger partial charge in [-0.25, -0.2) is 0 Å². The Kier molecular flexibility index (Phi) is 4.04. The van der Waals surface area contributed by atoms with Crippen LogP contribution < -0.4 is 0 Å². The van der Waals surface area contributed by atoms with Crippen molar-refractivity contribution in [1.29, 1.82) is 0 Å². The summed E-state index contributed by atoms with van der Waals surface area (Å²) in [5, 5.41) is 0. The summed E-state index contributed by atoms with van der Waals surface area (Å²) in [6.45, 7) is 8.10. The van der Waals surface area contributed by atoms with E-state index < -0.39 is 0 Å². The summed E-state index contributed by atoms with van der Waals surface area (Å²) in [5.74, 6) is 0.0676. The summed E-state index contributed by atoms with van der Waals surface area (Å²) >= 11 is 0. The number of carbonyl (C=O) groups is 1. The summed E-state index contributed by atoms with van der Waals surface area (Å²) < 4.78 is 0. The molecule has 1 nitrogen and oxygen atoms in total. The van der Waals surface area contributed by atoms with E-state index in [1.54, 1.807) is 12.2 Å². The molecule has 0 N–H and O–H groups in total. The normalized spacial score (nSPS) is 12.9. The largest absolute Gasteiger partial charge is 0.289 e. The molecular formula is C14H16O. The first-order valence-electron chi connectivity index (χ1n) is 5.21. The zero-order chi connectivity index (χ0) is 11.3. The standard InChI is InChI=1S/C11H8O.C3H8/c1-8-6-7-11(12)10-5-3-2-4-9(8)10;1-3-2/h2-7H,1H2;3H2,1-2H3. The van der Waals surface area contributed by atoms with Crippen molar-refractivity contribution in [2.24, 2.45) is 0 Å². The van der Waals surface area contributed by atoms with Crippen LogP contribution in [0, 0.1) is 0 Å². The lowest BCUT2D eigenvalue weighted by Crippen LogP contribution is -2.03. The van der Waals surface area contributed by atoms with Crippen molar-refractivity contribution in [3.05, 3.63) is 54.1 Å². The third kappa shape index (κ3) is 2.66. The molecule has 78 valence electrons. The Bertz CT molecular complexity index is 363. The SMILES string of the molecule is C=C1C=CC(=O)c2ccccc21.CCC. The molecule has 0 radical (unpaired) electrons. The lowest BCUT2D eigenvalue weighted by Gasteiger charge is -2.10. The molecule has 0 aliphatic heterocycles. The molecule has 0 bridgehead atoms. The second-order valence-electron chi connectivity index (χ2n) is 3.48. The molecule has 0 aromatic heterocycles. The van der Waals surface area contributed by atoms with E-state index in [4.69, 9.17) is 0 Å². The van der Waals surface area contributed by atoms with Gasteiger partial charge in [-0.15, -0.1) is 0 Å². The van der Waals surface area contributed by atoms with Gasteiger partial charge in [0.2, 0.25) is 0 Å². The Morgan fingerprint density at radius 3 is 2.13 bits per heavy atom. The van der Waals surface area contributed by atoms with Gasteiger partial charge in [0.05, 0.1) is 0 Å². The number of hydrogen-bond acceptors (Lipinski definition) is 1. The minimum absolute atomic E-state index is 0.0676. The second kappa shape index (κ2) is 5.30. The topological polar surface area (TPSA) is 17.1 Å². The summed E-state index contributed by atoms with van der Waals surface area (Å²) in [6.07, 6.45) is 4.56. The summed E-state index contributed by atoms with van der Waals surface area (Å²) in [4.78, 5) is 11.3. The van der Waals surface area contributed by atoms with Crippen LogP contribution in [-0.4, -0.2) is 5.78 Å². The molecule has 1 aliphatic carbocycles. The van der Waals surface area contributed by atoms with Gasteiger partial charge in [0.1, 0.15) is 0 Å². The molecule has 0 saturated heterocycles. The first-order valence-corrected chi connectivity index (χ1v) is 5.21. The molecule has 2 rings (SSSR count). The number of fused-ring (bicyclic) bond motifs is 1. The predicted molar refractivity (Wildman–Crippen MR) is 64.9 cm³/mol. The van der Waals surface area contributed by atoms with Crippen molar-refractivity contribution < 1.29 is 4.79 Å². The Morgan fingerprint density at radius 1 is 1.07 bits per heavy atom. The van der Waals surface area contributed by atoms with Gasteiger partial charge in [-0.2, -0.15) is 0 Å². The molecule has 0 fully saturated rings. The fourth-order valence-corrected chi connectivity index (χ4v) is 1.33. The first kappa shape index (κ1) is 11.4. The highest BCUT2D eigenvalue weighted by Gasteiger charge is 2.13. The van der Waals surface area contributed by atoms with E-state index >= 15 is 0 Å². The van der Waals surface area contributed by atoms with Crippen molar-refractivity contribution in [3.63, 3.8) is 0 Å². The van der Waals surface area contributed by atoms with Gasteiger partial charge in [-0.1, -0.05) is 57.2 Å². The van der Waals surface area contributed by atoms with Crippen LogP contribution >= 0.6 is 0 Å². The number of rotatable bonds is 0. The Hall–Kier alpha value is -1.63. The molecule has 1 aromatic carbocycles. The van der Waals surface area contributed by atoms with Gasteiger partial charge in [-0.05, 0) is 17.2 Å². The highest BCUT2D eigenvalue weighted by molar-refractivity contribution is 6.12. The van der Waals surface area contributed by atoms with Gasteiger partial charge in [-0.3, -0.25) is 4.79 Å². The monoisotopic (exact) mass is 200 g/mol. The smallest absolute Gasteiger partial charge is 0.186 e. The lowest BCUT2D eigenvalue weighted by molar-refractivity contribution is 0.104. The van der Waals surface area contributed by atoms with Crippen LogP contribution in [0.4, 0.5) is 0 Å². The van der Waals surface area contributed by atoms with E-state index in [0.717, 1.165) is 16.7 Å². The Labute approximate surface area is 91.1 Å². The first-order chi connectivity index (χ1) is 7.20. The van der Waals surface area contributed by atoms with Crippen LogP contribution in [0.25, 0.3) is 5.57 Å². The molecule has 0 atom stereocenters. The van der Waals surface area contributed by atoms with Crippen molar-refractivity contribution >= 4 is 11.4 Å². The zero-order valence-corrected chi connectivity index (χ0v) is 9.29. The number of carbonyl (C=O) groups excluding carboxylic acids is 1. The Balaban J connectivity index is 0.000000337. The minimum atomic E-state index is 0.0676. The molecule has 0 unspecified atom stereocenters. The van der Waals surface area contributed by atoms with E-state index in [9.17, 15) is 4.79 Å². The van der Waals surface area contributed by atoms with Gasteiger partial charge >= 0.3 is 0 Å². The van der Waals surface area contributed by atoms with Gasteiger partial charge in [0.25, 0.3) is 0 Å². The maximum atomic E-state index is 11.3. The molecule has 1 aromatic rings. The van der Waals surface area contributed by atoms with Crippen LogP contribution in [0.15, 0.2) is 43.0 Å². The molecule has 1 heteroatoms. The van der Waals surface area contributed by atoms with Crippen molar-refractivity contribution in [1.82, 2.24) is 0 Å². The van der Waals surface area contributed by atoms with E-state index in [1.807, 2.05) is 24.3 Å². The van der Waals surface area contributed by atoms with E-state index in [-0.39, 0.29) is 5.78 Å². The number of hydrogen-bond donors (Lipinski definition) is 0. The number of ketones is 1. The zero-order valence-electron chi connectivity index (χ0n) is 9.29. The quantitative estimate of drug-likeness (QED) is 0.621. The van der Waals surface area contributed by atoms with E-state index in [1.165, 1.54) is 6.42 Å². The predicted octanol–water partition coefficient (Wildman–Crippen LogP) is 3.87. The van der Waals surface area contributed by atoms with Crippen molar-refractivity contribution in [2.75, 3.05) is 0 Å². The molecule has 0 spiro atoms. The molecule has 0 heterocycles. The lowest BCUT2D eigenvalue weighted by atomic mass is 9.93. The molecule has 1 aliphatic rings. The van der Waals surface area contributed by atoms with E-state index in [0.29, 0.717) is 0 Å². The molecular weight excluding hydrogens is 184 g/mol. The molecule has 0 saturated carbocycles. The minimum Gasteiger partial charge on any atom is -0.289 e. The van der Waals surface area contributed by atoms with Crippen molar-refractivity contribution in [2.45, 2.75) is 20.3 Å². The van der Waals surface area contributed by atoms with Crippen molar-refractivity contribution in [3.8, 4) is 0 Å². The van der Waals surface area contributed by atoms with Crippen LogP contribution in [0.3, 0.4) is 0 Å². The summed E-state index contributed by atoms with van der Waals surface area (Å²) in [7, 11) is 0. The average molecular weight is 200 g/mol. The third-order valence-corrected chi connectivity index (χ3v) is 1.97. The molecule has 0 amide bonds. The van der Waals surface area contributed by atoms with Crippen LogP contribution in [0.1, 0.15) is 36.2 Å². The average Bonchev–Trinajstić information content (AvgIpc) is 2.25.